The fourth-order valence-corrected chi connectivity index (χ4v) is 1.74. The third kappa shape index (κ3) is 8.06. The van der Waals surface area contributed by atoms with E-state index in [-0.39, 0.29) is 0 Å². The van der Waals surface area contributed by atoms with Crippen LogP contribution < -0.4 is 0 Å². The maximum atomic E-state index is 11.6. The third-order valence-electron chi connectivity index (χ3n) is 1.70. The van der Waals surface area contributed by atoms with Crippen LogP contribution in [0.15, 0.2) is 50.6 Å². The Kier molecular flexibility index (Phi) is 10.3. The van der Waals surface area contributed by atoms with Crippen LogP contribution in [0.3, 0.4) is 0 Å². The molecule has 0 fully saturated rings. The van der Waals surface area contributed by atoms with Gasteiger partial charge in [0.1, 0.15) is 0 Å². The monoisotopic (exact) mass is 271 g/mol. The Balaban J connectivity index is 4.25. The molecule has 101 valence electrons. The minimum atomic E-state index is -2.29. The van der Waals surface area contributed by atoms with Gasteiger partial charge in [0, 0.05) is 26.2 Å². The van der Waals surface area contributed by atoms with Crippen LogP contribution in [-0.2, 0) is 13.8 Å². The van der Waals surface area contributed by atoms with E-state index in [1.54, 1.807) is 24.3 Å². The van der Waals surface area contributed by atoms with Crippen molar-refractivity contribution >= 4 is 8.25 Å². The Morgan fingerprint density at radius 2 is 1.06 bits per heavy atom. The van der Waals surface area contributed by atoms with Gasteiger partial charge < -0.3 is 0 Å². The minimum Gasteiger partial charge on any atom is -0.219 e. The van der Waals surface area contributed by atoms with E-state index in [1.165, 1.54) is 10.1 Å². The molecular formula is C12H20N2O3P. The Labute approximate surface area is 110 Å². The van der Waals surface area contributed by atoms with Crippen LogP contribution in [0.4, 0.5) is 0 Å². The summed E-state index contributed by atoms with van der Waals surface area (Å²) in [7, 11) is -2.29. The van der Waals surface area contributed by atoms with Gasteiger partial charge in [-0.15, -0.1) is 26.3 Å². The van der Waals surface area contributed by atoms with Gasteiger partial charge in [0.25, 0.3) is 0 Å². The van der Waals surface area contributed by atoms with Gasteiger partial charge in [-0.1, -0.05) is 24.3 Å². The van der Waals surface area contributed by atoms with Crippen molar-refractivity contribution in [1.29, 1.82) is 0 Å². The molecule has 1 radical (unpaired) electrons. The average molecular weight is 271 g/mol. The Morgan fingerprint density at radius 1 is 0.778 bits per heavy atom. The van der Waals surface area contributed by atoms with Gasteiger partial charge in [0.05, 0.1) is 0 Å². The molecule has 0 aromatic rings. The number of nitrogens with zero attached hydrogens (tertiary/aromatic N) is 2. The molecule has 0 aliphatic heterocycles. The molecule has 0 heterocycles. The van der Waals surface area contributed by atoms with E-state index in [0.717, 1.165) is 0 Å². The summed E-state index contributed by atoms with van der Waals surface area (Å²) in [5, 5.41) is 2.89. The van der Waals surface area contributed by atoms with Crippen molar-refractivity contribution in [3.05, 3.63) is 50.6 Å². The molecule has 0 saturated carbocycles. The van der Waals surface area contributed by atoms with Crippen LogP contribution in [0.2, 0.25) is 0 Å². The standard InChI is InChI=1S/C12H20N2O3P/c1-5-9-13(10-6-2)16-18(15)17-14(11-7-3)12-8-4/h5-8H,1-4,9-12H2. The van der Waals surface area contributed by atoms with Crippen LogP contribution in [0.5, 0.6) is 0 Å². The van der Waals surface area contributed by atoms with E-state index in [4.69, 9.17) is 9.25 Å². The lowest BCUT2D eigenvalue weighted by Crippen LogP contribution is -2.25. The second-order valence-electron chi connectivity index (χ2n) is 3.24. The van der Waals surface area contributed by atoms with Crippen molar-refractivity contribution in [2.45, 2.75) is 0 Å². The van der Waals surface area contributed by atoms with E-state index in [1.807, 2.05) is 0 Å². The van der Waals surface area contributed by atoms with Gasteiger partial charge in [0.2, 0.25) is 0 Å². The first-order valence-electron chi connectivity index (χ1n) is 5.44. The number of hydroxylamine groups is 4. The van der Waals surface area contributed by atoms with Gasteiger partial charge in [0.15, 0.2) is 0 Å². The molecule has 6 heteroatoms. The zero-order valence-electron chi connectivity index (χ0n) is 10.5. The van der Waals surface area contributed by atoms with Crippen molar-refractivity contribution in [3.8, 4) is 0 Å². The van der Waals surface area contributed by atoms with E-state index in [2.05, 4.69) is 26.3 Å². The Bertz CT molecular complexity index is 260. The van der Waals surface area contributed by atoms with Crippen LogP contribution in [0.1, 0.15) is 0 Å². The van der Waals surface area contributed by atoms with E-state index < -0.39 is 8.25 Å². The number of hydrogen-bond acceptors (Lipinski definition) is 5. The first-order chi connectivity index (χ1) is 8.67. The van der Waals surface area contributed by atoms with Gasteiger partial charge in [-0.25, -0.2) is 4.57 Å². The highest BCUT2D eigenvalue weighted by Crippen LogP contribution is 2.27. The van der Waals surface area contributed by atoms with Crippen molar-refractivity contribution in [2.75, 3.05) is 26.2 Å². The average Bonchev–Trinajstić information content (AvgIpc) is 2.30. The zero-order chi connectivity index (χ0) is 13.8. The summed E-state index contributed by atoms with van der Waals surface area (Å²) < 4.78 is 21.9. The lowest BCUT2D eigenvalue weighted by atomic mass is 10.5. The predicted molar refractivity (Wildman–Crippen MR) is 73.7 cm³/mol. The van der Waals surface area contributed by atoms with Gasteiger partial charge in [-0.2, -0.15) is 19.4 Å². The molecule has 0 spiro atoms. The van der Waals surface area contributed by atoms with Gasteiger partial charge in [-0.05, 0) is 0 Å². The Hall–Kier alpha value is -1.10. The second kappa shape index (κ2) is 11.0. The van der Waals surface area contributed by atoms with Gasteiger partial charge >= 0.3 is 8.25 Å². The molecule has 0 aromatic heterocycles. The maximum absolute atomic E-state index is 11.6. The molecule has 5 nitrogen and oxygen atoms in total. The van der Waals surface area contributed by atoms with Crippen molar-refractivity contribution in [2.24, 2.45) is 0 Å². The fraction of sp³-hybridized carbons (Fsp3) is 0.333. The van der Waals surface area contributed by atoms with Crippen molar-refractivity contribution in [1.82, 2.24) is 10.1 Å². The predicted octanol–water partition coefficient (Wildman–Crippen LogP) is 2.86. The fourth-order valence-electron chi connectivity index (χ4n) is 1.06. The van der Waals surface area contributed by atoms with Crippen LogP contribution in [0.25, 0.3) is 0 Å². The molecule has 0 atom stereocenters. The maximum Gasteiger partial charge on any atom is 0.404 e. The molecule has 0 amide bonds. The highest BCUT2D eigenvalue weighted by Gasteiger charge is 2.13. The summed E-state index contributed by atoms with van der Waals surface area (Å²) in [5.74, 6) is 0. The lowest BCUT2D eigenvalue weighted by Gasteiger charge is -2.20. The van der Waals surface area contributed by atoms with Crippen LogP contribution >= 0.6 is 8.25 Å². The summed E-state index contributed by atoms with van der Waals surface area (Å²) >= 11 is 0. The highest BCUT2D eigenvalue weighted by molar-refractivity contribution is 7.33. The molecule has 0 unspecified atom stereocenters. The first-order valence-corrected chi connectivity index (χ1v) is 6.54. The molecule has 0 bridgehead atoms. The second-order valence-corrected chi connectivity index (χ2v) is 4.01. The van der Waals surface area contributed by atoms with E-state index in [9.17, 15) is 4.57 Å². The normalized spacial score (nSPS) is 10.3. The SMILES string of the molecule is C=CCN(CC=C)O[P](=O)ON(CC=C)CC=C. The summed E-state index contributed by atoms with van der Waals surface area (Å²) in [4.78, 5) is 0. The number of rotatable bonds is 12. The largest absolute Gasteiger partial charge is 0.404 e. The zero-order valence-corrected chi connectivity index (χ0v) is 11.4. The molecule has 18 heavy (non-hydrogen) atoms. The van der Waals surface area contributed by atoms with Crippen LogP contribution in [0, 0.1) is 0 Å². The first kappa shape index (κ1) is 16.9. The molecule has 0 aliphatic rings. The molecule has 0 aromatic carbocycles. The minimum absolute atomic E-state index is 0.430. The molecular weight excluding hydrogens is 251 g/mol. The summed E-state index contributed by atoms with van der Waals surface area (Å²) in [6.07, 6.45) is 6.55. The van der Waals surface area contributed by atoms with Crippen molar-refractivity contribution < 1.29 is 13.8 Å². The van der Waals surface area contributed by atoms with Gasteiger partial charge in [-0.3, -0.25) is 0 Å². The molecule has 0 N–H and O–H groups in total. The molecule has 0 rings (SSSR count). The summed E-state index contributed by atoms with van der Waals surface area (Å²) in [6.45, 7) is 16.0. The third-order valence-corrected chi connectivity index (χ3v) is 2.42. The smallest absolute Gasteiger partial charge is 0.219 e. The Morgan fingerprint density at radius 3 is 1.28 bits per heavy atom. The van der Waals surface area contributed by atoms with Crippen LogP contribution in [-0.4, -0.2) is 36.3 Å². The van der Waals surface area contributed by atoms with Crippen molar-refractivity contribution in [3.63, 3.8) is 0 Å². The van der Waals surface area contributed by atoms with E-state index in [0.29, 0.717) is 26.2 Å². The molecule has 0 saturated heterocycles. The quantitative estimate of drug-likeness (QED) is 0.310. The van der Waals surface area contributed by atoms with E-state index >= 15 is 0 Å². The highest BCUT2D eigenvalue weighted by atomic mass is 31.1. The summed E-state index contributed by atoms with van der Waals surface area (Å²) in [5.41, 5.74) is 0. The summed E-state index contributed by atoms with van der Waals surface area (Å²) in [6, 6.07) is 0. The lowest BCUT2D eigenvalue weighted by molar-refractivity contribution is -0.0944. The molecule has 0 aliphatic carbocycles. The number of hydrogen-bond donors (Lipinski definition) is 0. The topological polar surface area (TPSA) is 42.0 Å².